The van der Waals surface area contributed by atoms with Crippen LogP contribution in [0.5, 0.6) is 0 Å². The normalized spacial score (nSPS) is 15.6. The maximum Gasteiger partial charge on any atom is 0.389 e. The van der Waals surface area contributed by atoms with Gasteiger partial charge in [-0.25, -0.2) is 0 Å². The Bertz CT molecular complexity index is 327. The molecule has 0 radical (unpaired) electrons. The summed E-state index contributed by atoms with van der Waals surface area (Å²) in [5, 5.41) is 3.83. The van der Waals surface area contributed by atoms with Crippen LogP contribution < -0.4 is 5.73 Å². The van der Waals surface area contributed by atoms with Crippen LogP contribution >= 0.6 is 11.3 Å². The van der Waals surface area contributed by atoms with Crippen molar-refractivity contribution >= 4 is 11.3 Å². The van der Waals surface area contributed by atoms with Crippen molar-refractivity contribution < 1.29 is 17.9 Å². The number of hydrogen-bond donors (Lipinski definition) is 1. The number of hydrogen-bond acceptors (Lipinski definition) is 3. The van der Waals surface area contributed by atoms with E-state index in [0.717, 1.165) is 12.0 Å². The van der Waals surface area contributed by atoms with Gasteiger partial charge in [0.1, 0.15) is 0 Å². The first-order chi connectivity index (χ1) is 8.44. The van der Waals surface area contributed by atoms with E-state index in [1.807, 2.05) is 23.8 Å². The number of halogens is 3. The van der Waals surface area contributed by atoms with E-state index < -0.39 is 12.6 Å². The number of nitrogens with two attached hydrogens (primary N) is 1. The molecule has 0 saturated heterocycles. The Morgan fingerprint density at radius 2 is 2.17 bits per heavy atom. The van der Waals surface area contributed by atoms with Crippen molar-refractivity contribution in [3.8, 4) is 0 Å². The van der Waals surface area contributed by atoms with Gasteiger partial charge in [0.15, 0.2) is 0 Å². The predicted octanol–water partition coefficient (Wildman–Crippen LogP) is 3.89. The maximum atomic E-state index is 12.0. The molecule has 0 aliphatic carbocycles. The van der Waals surface area contributed by atoms with Crippen LogP contribution in [0.1, 0.15) is 37.9 Å². The molecule has 0 aromatic carbocycles. The zero-order valence-corrected chi connectivity index (χ0v) is 11.1. The molecule has 0 bridgehead atoms. The SMILES string of the molecule is CCC(N)C(OCCCC(F)(F)F)c1ccsc1. The summed E-state index contributed by atoms with van der Waals surface area (Å²) >= 11 is 1.52. The van der Waals surface area contributed by atoms with Crippen molar-refractivity contribution in [2.75, 3.05) is 6.61 Å². The van der Waals surface area contributed by atoms with E-state index in [9.17, 15) is 13.2 Å². The lowest BCUT2D eigenvalue weighted by Crippen LogP contribution is -2.29. The van der Waals surface area contributed by atoms with E-state index in [0.29, 0.717) is 0 Å². The predicted molar refractivity (Wildman–Crippen MR) is 66.6 cm³/mol. The highest BCUT2D eigenvalue weighted by molar-refractivity contribution is 7.07. The van der Waals surface area contributed by atoms with Gasteiger partial charge in [-0.15, -0.1) is 0 Å². The summed E-state index contributed by atoms with van der Waals surface area (Å²) in [6, 6.07) is 1.71. The smallest absolute Gasteiger partial charge is 0.372 e. The highest BCUT2D eigenvalue weighted by Gasteiger charge is 2.27. The van der Waals surface area contributed by atoms with Crippen LogP contribution in [0.2, 0.25) is 0 Å². The number of ether oxygens (including phenoxy) is 1. The lowest BCUT2D eigenvalue weighted by Gasteiger charge is -2.23. The number of thiophene rings is 1. The Hall–Kier alpha value is -0.590. The fourth-order valence-corrected chi connectivity index (χ4v) is 2.28. The summed E-state index contributed by atoms with van der Waals surface area (Å²) in [5.74, 6) is 0. The van der Waals surface area contributed by atoms with Crippen LogP contribution in [0.15, 0.2) is 16.8 Å². The zero-order chi connectivity index (χ0) is 13.6. The molecule has 6 heteroatoms. The van der Waals surface area contributed by atoms with Crippen molar-refractivity contribution in [1.82, 2.24) is 0 Å². The summed E-state index contributed by atoms with van der Waals surface area (Å²) in [6.45, 7) is 2.01. The van der Waals surface area contributed by atoms with Crippen LogP contribution in [-0.4, -0.2) is 18.8 Å². The summed E-state index contributed by atoms with van der Waals surface area (Å²) in [6.07, 6.45) is -4.55. The third kappa shape index (κ3) is 5.37. The van der Waals surface area contributed by atoms with Crippen molar-refractivity contribution in [3.05, 3.63) is 22.4 Å². The van der Waals surface area contributed by atoms with Gasteiger partial charge in [0.25, 0.3) is 0 Å². The summed E-state index contributed by atoms with van der Waals surface area (Å²) in [4.78, 5) is 0. The van der Waals surface area contributed by atoms with Crippen molar-refractivity contribution in [3.63, 3.8) is 0 Å². The fourth-order valence-electron chi connectivity index (χ4n) is 1.60. The third-order valence-electron chi connectivity index (χ3n) is 2.63. The monoisotopic (exact) mass is 281 g/mol. The molecule has 0 saturated carbocycles. The summed E-state index contributed by atoms with van der Waals surface area (Å²) < 4.78 is 41.5. The second-order valence-corrected chi connectivity index (χ2v) is 4.92. The number of rotatable bonds is 7. The van der Waals surface area contributed by atoms with Gasteiger partial charge in [0.05, 0.1) is 6.10 Å². The van der Waals surface area contributed by atoms with E-state index in [1.165, 1.54) is 11.3 Å². The highest BCUT2D eigenvalue weighted by atomic mass is 32.1. The van der Waals surface area contributed by atoms with Gasteiger partial charge in [-0.2, -0.15) is 24.5 Å². The average molecular weight is 281 g/mol. The largest absolute Gasteiger partial charge is 0.389 e. The molecule has 0 amide bonds. The third-order valence-corrected chi connectivity index (χ3v) is 3.34. The molecule has 0 fully saturated rings. The van der Waals surface area contributed by atoms with Crippen LogP contribution in [0.4, 0.5) is 13.2 Å². The van der Waals surface area contributed by atoms with Gasteiger partial charge in [0, 0.05) is 19.1 Å². The first-order valence-corrected chi connectivity index (χ1v) is 6.84. The maximum absolute atomic E-state index is 12.0. The standard InChI is InChI=1S/C12H18F3NOS/c1-2-10(16)11(9-4-7-18-8-9)17-6-3-5-12(13,14)15/h4,7-8,10-11H,2-3,5-6,16H2,1H3. The van der Waals surface area contributed by atoms with Crippen molar-refractivity contribution in [2.45, 2.75) is 44.5 Å². The first kappa shape index (κ1) is 15.5. The second-order valence-electron chi connectivity index (χ2n) is 4.14. The van der Waals surface area contributed by atoms with E-state index in [1.54, 1.807) is 0 Å². The molecule has 1 rings (SSSR count). The molecule has 2 unspecified atom stereocenters. The molecule has 1 aromatic heterocycles. The van der Waals surface area contributed by atoms with Crippen LogP contribution in [-0.2, 0) is 4.74 Å². The molecule has 0 aliphatic heterocycles. The molecular formula is C12H18F3NOS. The molecule has 0 aliphatic rings. The van der Waals surface area contributed by atoms with Crippen LogP contribution in [0, 0.1) is 0 Å². The fraction of sp³-hybridized carbons (Fsp3) is 0.667. The van der Waals surface area contributed by atoms with Crippen LogP contribution in [0.3, 0.4) is 0 Å². The average Bonchev–Trinajstić information content (AvgIpc) is 2.80. The van der Waals surface area contributed by atoms with Gasteiger partial charge in [-0.05, 0) is 35.2 Å². The molecule has 0 spiro atoms. The quantitative estimate of drug-likeness (QED) is 0.770. The Morgan fingerprint density at radius 1 is 1.44 bits per heavy atom. The van der Waals surface area contributed by atoms with E-state index >= 15 is 0 Å². The highest BCUT2D eigenvalue weighted by Crippen LogP contribution is 2.26. The first-order valence-electron chi connectivity index (χ1n) is 5.90. The molecule has 1 aromatic rings. The van der Waals surface area contributed by atoms with Gasteiger partial charge < -0.3 is 10.5 Å². The van der Waals surface area contributed by atoms with Gasteiger partial charge in [-0.3, -0.25) is 0 Å². The molecule has 18 heavy (non-hydrogen) atoms. The second kappa shape index (κ2) is 7.11. The Balaban J connectivity index is 2.43. The zero-order valence-electron chi connectivity index (χ0n) is 10.2. The van der Waals surface area contributed by atoms with E-state index in [-0.39, 0.29) is 25.2 Å². The van der Waals surface area contributed by atoms with Crippen molar-refractivity contribution in [1.29, 1.82) is 0 Å². The molecule has 104 valence electrons. The Labute approximate surface area is 109 Å². The van der Waals surface area contributed by atoms with E-state index in [4.69, 9.17) is 10.5 Å². The Morgan fingerprint density at radius 3 is 2.67 bits per heavy atom. The number of alkyl halides is 3. The lowest BCUT2D eigenvalue weighted by molar-refractivity contribution is -0.139. The van der Waals surface area contributed by atoms with Gasteiger partial charge in [-0.1, -0.05) is 6.92 Å². The molecule has 1 heterocycles. The van der Waals surface area contributed by atoms with Gasteiger partial charge >= 0.3 is 6.18 Å². The topological polar surface area (TPSA) is 35.2 Å². The van der Waals surface area contributed by atoms with E-state index in [2.05, 4.69) is 0 Å². The molecule has 2 atom stereocenters. The van der Waals surface area contributed by atoms with Gasteiger partial charge in [0.2, 0.25) is 0 Å². The van der Waals surface area contributed by atoms with Crippen molar-refractivity contribution in [2.24, 2.45) is 5.73 Å². The minimum atomic E-state index is -4.12. The molecular weight excluding hydrogens is 263 g/mol. The minimum absolute atomic E-state index is 0.0272. The van der Waals surface area contributed by atoms with Crippen LogP contribution in [0.25, 0.3) is 0 Å². The summed E-state index contributed by atoms with van der Waals surface area (Å²) in [7, 11) is 0. The minimum Gasteiger partial charge on any atom is -0.372 e. The summed E-state index contributed by atoms with van der Waals surface area (Å²) in [5.41, 5.74) is 6.88. The lowest BCUT2D eigenvalue weighted by atomic mass is 10.0. The molecule has 2 nitrogen and oxygen atoms in total. The Kier molecular flexibility index (Phi) is 6.11. The molecule has 2 N–H and O–H groups in total.